The number of halogens is 2. The van der Waals surface area contributed by atoms with Gasteiger partial charge in [0.15, 0.2) is 15.7 Å². The molecule has 42 heavy (non-hydrogen) atoms. The van der Waals surface area contributed by atoms with Crippen LogP contribution in [-0.4, -0.2) is 79.6 Å². The predicted octanol–water partition coefficient (Wildman–Crippen LogP) is 3.61. The number of carboxylic acid groups (broad SMARTS) is 1. The molecule has 1 unspecified atom stereocenters. The molecule has 15 heteroatoms. The maximum Gasteiger partial charge on any atom is 0.414 e. The van der Waals surface area contributed by atoms with Crippen molar-refractivity contribution in [3.8, 4) is 5.75 Å². The van der Waals surface area contributed by atoms with Crippen LogP contribution in [0.25, 0.3) is 0 Å². The minimum Gasteiger partial charge on any atom is -0.480 e. The summed E-state index contributed by atoms with van der Waals surface area (Å²) in [7, 11) is -1.13. The van der Waals surface area contributed by atoms with Gasteiger partial charge in [0, 0.05) is 39.7 Å². The van der Waals surface area contributed by atoms with Crippen molar-refractivity contribution in [2.45, 2.75) is 31.2 Å². The Morgan fingerprint density at radius 1 is 1.05 bits per heavy atom. The third-order valence-corrected chi connectivity index (χ3v) is 7.49. The van der Waals surface area contributed by atoms with Gasteiger partial charge in [0.05, 0.1) is 16.8 Å². The van der Waals surface area contributed by atoms with Crippen molar-refractivity contribution in [2.75, 3.05) is 48.6 Å². The van der Waals surface area contributed by atoms with Crippen molar-refractivity contribution in [1.82, 2.24) is 14.9 Å². The number of benzene rings is 2. The van der Waals surface area contributed by atoms with E-state index >= 15 is 0 Å². The molecule has 1 heterocycles. The lowest BCUT2D eigenvalue weighted by Gasteiger charge is -2.22. The highest BCUT2D eigenvalue weighted by molar-refractivity contribution is 7.91. The molecule has 1 atom stereocenters. The molecule has 0 bridgehead atoms. The lowest BCUT2D eigenvalue weighted by Crippen LogP contribution is -2.33. The summed E-state index contributed by atoms with van der Waals surface area (Å²) in [4.78, 5) is 35.2. The van der Waals surface area contributed by atoms with Gasteiger partial charge in [0.25, 0.3) is 0 Å². The minimum atomic E-state index is -4.21. The number of hydrogen-bond acceptors (Lipinski definition) is 10. The van der Waals surface area contributed by atoms with Crippen LogP contribution in [0.4, 0.5) is 31.0 Å². The molecule has 0 saturated carbocycles. The van der Waals surface area contributed by atoms with Crippen LogP contribution in [0, 0.1) is 11.6 Å². The van der Waals surface area contributed by atoms with E-state index in [0.717, 1.165) is 0 Å². The van der Waals surface area contributed by atoms with Crippen molar-refractivity contribution in [3.05, 3.63) is 65.9 Å². The smallest absolute Gasteiger partial charge is 0.414 e. The number of ether oxygens (including phenoxy) is 1. The van der Waals surface area contributed by atoms with E-state index in [9.17, 15) is 31.9 Å². The van der Waals surface area contributed by atoms with Crippen molar-refractivity contribution in [3.63, 3.8) is 0 Å². The van der Waals surface area contributed by atoms with Gasteiger partial charge in [-0.3, -0.25) is 0 Å². The number of carbonyl (C=O) groups is 2. The second-order valence-electron chi connectivity index (χ2n) is 9.29. The summed E-state index contributed by atoms with van der Waals surface area (Å²) < 4.78 is 58.1. The monoisotopic (exact) mass is 606 g/mol. The molecule has 1 aromatic heterocycles. The van der Waals surface area contributed by atoms with E-state index < -0.39 is 50.3 Å². The fourth-order valence-electron chi connectivity index (χ4n) is 3.72. The Hall–Kier alpha value is -4.53. The number of carbonyl (C=O) groups excluding carboxylic acids is 1. The maximum absolute atomic E-state index is 13.6. The molecular formula is C27H32F2N6O6S. The van der Waals surface area contributed by atoms with Crippen LogP contribution < -0.4 is 20.3 Å². The normalized spacial score (nSPS) is 11.9. The molecule has 0 saturated heterocycles. The summed E-state index contributed by atoms with van der Waals surface area (Å²) >= 11 is 0. The lowest BCUT2D eigenvalue weighted by molar-refractivity contribution is -0.137. The second-order valence-corrected chi connectivity index (χ2v) is 11.3. The molecule has 2 aromatic carbocycles. The standard InChI is InChI=1S/C27H32F2N6O6S/c1-5-35(6-2)26-30-15-23(31-16-42(39,40)21-13-18(28)12-19(29)14-21)24(33-26)32-22(25(36)37)11-17-7-9-20(10-8-17)41-27(38)34(3)4/h7-10,12-15,22,31H,5-6,11,16H2,1-4H3,(H,36,37)(H,30,32,33). The third kappa shape index (κ3) is 8.49. The number of aliphatic carboxylic acids is 1. The van der Waals surface area contributed by atoms with Crippen molar-refractivity contribution in [2.24, 2.45) is 0 Å². The SMILES string of the molecule is CCN(CC)c1ncc(NCS(=O)(=O)c2cc(F)cc(F)c2)c(NC(Cc2ccc(OC(=O)N(C)C)cc2)C(=O)O)n1. The summed E-state index contributed by atoms with van der Waals surface area (Å²) in [6.45, 7) is 4.87. The van der Waals surface area contributed by atoms with Crippen LogP contribution >= 0.6 is 0 Å². The van der Waals surface area contributed by atoms with Gasteiger partial charge < -0.3 is 30.3 Å². The van der Waals surface area contributed by atoms with E-state index in [1.54, 1.807) is 26.2 Å². The molecule has 0 fully saturated rings. The first kappa shape index (κ1) is 32.0. The van der Waals surface area contributed by atoms with E-state index in [0.29, 0.717) is 36.9 Å². The van der Waals surface area contributed by atoms with E-state index in [1.165, 1.54) is 23.2 Å². The Bertz CT molecular complexity index is 1500. The topological polar surface area (TPSA) is 154 Å². The molecule has 0 spiro atoms. The predicted molar refractivity (Wildman–Crippen MR) is 153 cm³/mol. The number of amides is 1. The van der Waals surface area contributed by atoms with Crippen LogP contribution in [0.15, 0.2) is 53.6 Å². The molecule has 0 aliphatic heterocycles. The Balaban J connectivity index is 1.87. The average Bonchev–Trinajstić information content (AvgIpc) is 2.93. The Morgan fingerprint density at radius 2 is 1.67 bits per heavy atom. The first-order chi connectivity index (χ1) is 19.8. The number of rotatable bonds is 13. The van der Waals surface area contributed by atoms with Gasteiger partial charge in [-0.2, -0.15) is 4.98 Å². The van der Waals surface area contributed by atoms with Crippen molar-refractivity contribution < 1.29 is 36.6 Å². The molecular weight excluding hydrogens is 574 g/mol. The number of aromatic nitrogens is 2. The summed E-state index contributed by atoms with van der Waals surface area (Å²) in [5.41, 5.74) is 0.659. The molecule has 0 aliphatic rings. The van der Waals surface area contributed by atoms with E-state index in [1.807, 2.05) is 18.7 Å². The molecule has 3 rings (SSSR count). The van der Waals surface area contributed by atoms with E-state index in [2.05, 4.69) is 20.6 Å². The maximum atomic E-state index is 13.6. The Kier molecular flexibility index (Phi) is 10.6. The van der Waals surface area contributed by atoms with Crippen LogP contribution in [0.2, 0.25) is 0 Å². The van der Waals surface area contributed by atoms with Crippen LogP contribution in [0.3, 0.4) is 0 Å². The molecule has 3 aromatic rings. The summed E-state index contributed by atoms with van der Waals surface area (Å²) in [5, 5.41) is 15.5. The van der Waals surface area contributed by atoms with Gasteiger partial charge in [0.1, 0.15) is 29.3 Å². The van der Waals surface area contributed by atoms with E-state index in [4.69, 9.17) is 4.74 Å². The average molecular weight is 607 g/mol. The number of hydrogen-bond donors (Lipinski definition) is 3. The van der Waals surface area contributed by atoms with Crippen LogP contribution in [0.1, 0.15) is 19.4 Å². The molecule has 12 nitrogen and oxygen atoms in total. The Morgan fingerprint density at radius 3 is 2.21 bits per heavy atom. The molecule has 0 radical (unpaired) electrons. The van der Waals surface area contributed by atoms with Gasteiger partial charge in [0.2, 0.25) is 5.95 Å². The van der Waals surface area contributed by atoms with Gasteiger partial charge in [-0.25, -0.2) is 31.8 Å². The summed E-state index contributed by atoms with van der Waals surface area (Å²) in [5.74, 6) is -3.51. The first-order valence-electron chi connectivity index (χ1n) is 12.8. The fourth-order valence-corrected chi connectivity index (χ4v) is 4.82. The largest absolute Gasteiger partial charge is 0.480 e. The van der Waals surface area contributed by atoms with Crippen molar-refractivity contribution >= 4 is 39.4 Å². The Labute approximate surface area is 242 Å². The molecule has 0 aliphatic carbocycles. The second kappa shape index (κ2) is 13.9. The van der Waals surface area contributed by atoms with Crippen molar-refractivity contribution in [1.29, 1.82) is 0 Å². The first-order valence-corrected chi connectivity index (χ1v) is 14.5. The zero-order valence-corrected chi connectivity index (χ0v) is 24.3. The van der Waals surface area contributed by atoms with Gasteiger partial charge in [-0.15, -0.1) is 0 Å². The highest BCUT2D eigenvalue weighted by Gasteiger charge is 2.23. The van der Waals surface area contributed by atoms with Gasteiger partial charge >= 0.3 is 12.1 Å². The highest BCUT2D eigenvalue weighted by atomic mass is 32.2. The zero-order valence-electron chi connectivity index (χ0n) is 23.5. The number of nitrogens with zero attached hydrogens (tertiary/aromatic N) is 4. The summed E-state index contributed by atoms with van der Waals surface area (Å²) in [6, 6.07) is 7.04. The third-order valence-electron chi connectivity index (χ3n) is 6.01. The highest BCUT2D eigenvalue weighted by Crippen LogP contribution is 2.25. The number of nitrogens with one attached hydrogen (secondary N) is 2. The van der Waals surface area contributed by atoms with Gasteiger partial charge in [-0.1, -0.05) is 12.1 Å². The summed E-state index contributed by atoms with van der Waals surface area (Å²) in [6.07, 6.45) is 0.727. The van der Waals surface area contributed by atoms with Gasteiger partial charge in [-0.05, 0) is 43.7 Å². The number of carboxylic acids is 1. The molecule has 226 valence electrons. The van der Waals surface area contributed by atoms with E-state index in [-0.39, 0.29) is 29.6 Å². The number of anilines is 3. The van der Waals surface area contributed by atoms with Crippen LogP contribution in [0.5, 0.6) is 5.75 Å². The zero-order chi connectivity index (χ0) is 31.0. The molecule has 3 N–H and O–H groups in total. The quantitative estimate of drug-likeness (QED) is 0.261. The van der Waals surface area contributed by atoms with Crippen LogP contribution in [-0.2, 0) is 21.1 Å². The number of sulfone groups is 1. The lowest BCUT2D eigenvalue weighted by atomic mass is 10.1. The fraction of sp³-hybridized carbons (Fsp3) is 0.333. The molecule has 1 amide bonds. The minimum absolute atomic E-state index is 0.0106.